The van der Waals surface area contributed by atoms with E-state index in [-0.39, 0.29) is 0 Å². The largest absolute Gasteiger partial charge is 0.493 e. The van der Waals surface area contributed by atoms with Gasteiger partial charge in [0.15, 0.2) is 0 Å². The molecule has 0 aliphatic rings. The predicted molar refractivity (Wildman–Crippen MR) is 87.0 cm³/mol. The van der Waals surface area contributed by atoms with E-state index in [9.17, 15) is 0 Å². The lowest BCUT2D eigenvalue weighted by Gasteiger charge is -2.13. The fraction of sp³-hybridized carbons (Fsp3) is 0.316. The average molecular weight is 283 g/mol. The Labute approximate surface area is 127 Å². The molecule has 0 aliphatic heterocycles. The molecule has 0 saturated heterocycles. The lowest BCUT2D eigenvalue weighted by Crippen LogP contribution is -2.01. The van der Waals surface area contributed by atoms with Crippen LogP contribution in [0, 0.1) is 6.42 Å². The zero-order valence-corrected chi connectivity index (χ0v) is 12.8. The summed E-state index contributed by atoms with van der Waals surface area (Å²) < 4.78 is 11.6. The van der Waals surface area contributed by atoms with Crippen molar-refractivity contribution in [3.05, 3.63) is 66.1 Å². The van der Waals surface area contributed by atoms with Crippen LogP contribution in [0.1, 0.15) is 37.8 Å². The van der Waals surface area contributed by atoms with E-state index in [0.29, 0.717) is 0 Å². The Bertz CT molecular complexity index is 499. The summed E-state index contributed by atoms with van der Waals surface area (Å²) in [7, 11) is 0. The monoisotopic (exact) mass is 283 g/mol. The van der Waals surface area contributed by atoms with Gasteiger partial charge >= 0.3 is 0 Å². The first-order valence-corrected chi connectivity index (χ1v) is 7.63. The van der Waals surface area contributed by atoms with Gasteiger partial charge in [-0.3, -0.25) is 0 Å². The molecule has 0 aromatic heterocycles. The molecule has 0 aliphatic carbocycles. The molecule has 2 nitrogen and oxygen atoms in total. The van der Waals surface area contributed by atoms with Crippen LogP contribution in [0.4, 0.5) is 0 Å². The Hall–Kier alpha value is -1.96. The molecule has 0 amide bonds. The van der Waals surface area contributed by atoms with E-state index in [4.69, 9.17) is 9.47 Å². The summed E-state index contributed by atoms with van der Waals surface area (Å²) in [6, 6.07) is 16.2. The van der Waals surface area contributed by atoms with Crippen molar-refractivity contribution < 1.29 is 9.47 Å². The van der Waals surface area contributed by atoms with Crippen LogP contribution in [0.15, 0.2) is 48.5 Å². The van der Waals surface area contributed by atoms with Gasteiger partial charge in [-0.1, -0.05) is 50.2 Å². The first kappa shape index (κ1) is 15.4. The van der Waals surface area contributed by atoms with Gasteiger partial charge in [0.1, 0.15) is 11.5 Å². The molecule has 0 saturated carbocycles. The zero-order chi connectivity index (χ0) is 14.9. The Morgan fingerprint density at radius 2 is 1.14 bits per heavy atom. The van der Waals surface area contributed by atoms with Gasteiger partial charge in [0, 0.05) is 17.5 Å². The number of rotatable bonds is 8. The molecule has 0 heterocycles. The van der Waals surface area contributed by atoms with Crippen molar-refractivity contribution in [2.75, 3.05) is 13.2 Å². The minimum absolute atomic E-state index is 0.735. The fourth-order valence-electron chi connectivity index (χ4n) is 2.05. The summed E-state index contributed by atoms with van der Waals surface area (Å²) in [5.74, 6) is 1.84. The molecule has 2 rings (SSSR count). The van der Waals surface area contributed by atoms with Crippen molar-refractivity contribution in [3.63, 3.8) is 0 Å². The van der Waals surface area contributed by atoms with Crippen LogP contribution < -0.4 is 9.47 Å². The smallest absolute Gasteiger partial charge is 0.123 e. The van der Waals surface area contributed by atoms with Crippen LogP contribution in [-0.2, 0) is 0 Å². The molecule has 2 heteroatoms. The van der Waals surface area contributed by atoms with Gasteiger partial charge in [-0.25, -0.2) is 0 Å². The van der Waals surface area contributed by atoms with Crippen molar-refractivity contribution in [2.24, 2.45) is 0 Å². The number of hydrogen-bond acceptors (Lipinski definition) is 2. The SMILES string of the molecule is CCCOc1ccccc1[CH]c1ccccc1OCCC. The maximum Gasteiger partial charge on any atom is 0.123 e. The topological polar surface area (TPSA) is 18.5 Å². The second-order valence-corrected chi connectivity index (χ2v) is 4.92. The minimum atomic E-state index is 0.735. The third-order valence-corrected chi connectivity index (χ3v) is 3.07. The molecular formula is C19H23O2. The molecule has 0 bridgehead atoms. The van der Waals surface area contributed by atoms with Gasteiger partial charge in [-0.2, -0.15) is 0 Å². The minimum Gasteiger partial charge on any atom is -0.493 e. The highest BCUT2D eigenvalue weighted by Gasteiger charge is 2.08. The van der Waals surface area contributed by atoms with Crippen molar-refractivity contribution >= 4 is 0 Å². The van der Waals surface area contributed by atoms with E-state index < -0.39 is 0 Å². The second-order valence-electron chi connectivity index (χ2n) is 4.92. The van der Waals surface area contributed by atoms with E-state index in [1.165, 1.54) is 0 Å². The normalized spacial score (nSPS) is 10.4. The summed E-state index contributed by atoms with van der Waals surface area (Å²) in [5, 5.41) is 0. The van der Waals surface area contributed by atoms with Crippen molar-refractivity contribution in [1.82, 2.24) is 0 Å². The fourth-order valence-corrected chi connectivity index (χ4v) is 2.05. The summed E-state index contributed by atoms with van der Waals surface area (Å²) >= 11 is 0. The van der Waals surface area contributed by atoms with Crippen LogP contribution in [0.3, 0.4) is 0 Å². The number of hydrogen-bond donors (Lipinski definition) is 0. The molecule has 111 valence electrons. The highest BCUT2D eigenvalue weighted by molar-refractivity contribution is 5.50. The summed E-state index contributed by atoms with van der Waals surface area (Å²) in [6.07, 6.45) is 4.13. The van der Waals surface area contributed by atoms with Gasteiger partial charge in [-0.05, 0) is 25.0 Å². The van der Waals surface area contributed by atoms with E-state index in [1.54, 1.807) is 0 Å². The highest BCUT2D eigenvalue weighted by Crippen LogP contribution is 2.28. The summed E-state index contributed by atoms with van der Waals surface area (Å²) in [5.41, 5.74) is 2.16. The van der Waals surface area contributed by atoms with E-state index >= 15 is 0 Å². The molecule has 21 heavy (non-hydrogen) atoms. The first-order valence-electron chi connectivity index (χ1n) is 7.63. The van der Waals surface area contributed by atoms with Crippen LogP contribution in [0.5, 0.6) is 11.5 Å². The Kier molecular flexibility index (Phi) is 6.14. The van der Waals surface area contributed by atoms with Gasteiger partial charge in [0.2, 0.25) is 0 Å². The van der Waals surface area contributed by atoms with Gasteiger partial charge < -0.3 is 9.47 Å². The standard InChI is InChI=1S/C19H23O2/c1-3-13-20-18-11-7-5-9-16(18)15-17-10-6-8-12-19(17)21-14-4-2/h5-12,15H,3-4,13-14H2,1-2H3. The van der Waals surface area contributed by atoms with E-state index in [2.05, 4.69) is 32.4 Å². The molecule has 1 radical (unpaired) electrons. The lowest BCUT2D eigenvalue weighted by molar-refractivity contribution is 0.313. The highest BCUT2D eigenvalue weighted by atomic mass is 16.5. The quantitative estimate of drug-likeness (QED) is 0.688. The molecule has 0 fully saturated rings. The molecule has 0 spiro atoms. The lowest BCUT2D eigenvalue weighted by atomic mass is 10.0. The number of benzene rings is 2. The predicted octanol–water partition coefficient (Wildman–Crippen LogP) is 4.86. The summed E-state index contributed by atoms with van der Waals surface area (Å²) in [4.78, 5) is 0. The number of para-hydroxylation sites is 2. The van der Waals surface area contributed by atoms with Crippen LogP contribution >= 0.6 is 0 Å². The first-order chi connectivity index (χ1) is 10.3. The third-order valence-electron chi connectivity index (χ3n) is 3.07. The van der Waals surface area contributed by atoms with Gasteiger partial charge in [-0.15, -0.1) is 0 Å². The van der Waals surface area contributed by atoms with Crippen LogP contribution in [-0.4, -0.2) is 13.2 Å². The Morgan fingerprint density at radius 1 is 0.714 bits per heavy atom. The molecule has 2 aromatic carbocycles. The maximum atomic E-state index is 5.81. The van der Waals surface area contributed by atoms with E-state index in [0.717, 1.165) is 48.7 Å². The van der Waals surface area contributed by atoms with Crippen molar-refractivity contribution in [2.45, 2.75) is 26.7 Å². The van der Waals surface area contributed by atoms with Crippen LogP contribution in [0.25, 0.3) is 0 Å². The third kappa shape index (κ3) is 4.52. The van der Waals surface area contributed by atoms with Crippen LogP contribution in [0.2, 0.25) is 0 Å². The van der Waals surface area contributed by atoms with E-state index in [1.807, 2.05) is 36.4 Å². The average Bonchev–Trinajstić information content (AvgIpc) is 2.53. The molecule has 0 atom stereocenters. The molecular weight excluding hydrogens is 260 g/mol. The second kappa shape index (κ2) is 8.35. The number of ether oxygens (including phenoxy) is 2. The summed E-state index contributed by atoms with van der Waals surface area (Å²) in [6.45, 7) is 5.69. The molecule has 0 unspecified atom stereocenters. The van der Waals surface area contributed by atoms with Crippen molar-refractivity contribution in [3.8, 4) is 11.5 Å². The Morgan fingerprint density at radius 3 is 1.57 bits per heavy atom. The maximum absolute atomic E-state index is 5.81. The zero-order valence-electron chi connectivity index (χ0n) is 12.8. The Balaban J connectivity index is 2.18. The molecule has 0 N–H and O–H groups in total. The van der Waals surface area contributed by atoms with Gasteiger partial charge in [0.05, 0.1) is 13.2 Å². The van der Waals surface area contributed by atoms with Gasteiger partial charge in [0.25, 0.3) is 0 Å². The van der Waals surface area contributed by atoms with Crippen molar-refractivity contribution in [1.29, 1.82) is 0 Å². The molecule has 2 aromatic rings.